The molecule has 0 aromatic heterocycles. The summed E-state index contributed by atoms with van der Waals surface area (Å²) in [6.07, 6.45) is 2.36. The van der Waals surface area contributed by atoms with E-state index in [9.17, 15) is 4.79 Å². The molecular formula is C18H17Cl2NO2. The van der Waals surface area contributed by atoms with Crippen LogP contribution in [-0.2, 0) is 11.2 Å². The number of halogens is 2. The van der Waals surface area contributed by atoms with E-state index in [1.165, 1.54) is 5.56 Å². The second kappa shape index (κ2) is 7.24. The number of aryl methyl sites for hydroxylation is 1. The number of benzene rings is 2. The highest BCUT2D eigenvalue weighted by Crippen LogP contribution is 2.29. The van der Waals surface area contributed by atoms with Gasteiger partial charge in [-0.25, -0.2) is 0 Å². The number of anilines is 1. The number of rotatable bonds is 4. The Morgan fingerprint density at radius 3 is 2.83 bits per heavy atom. The molecule has 1 amide bonds. The van der Waals surface area contributed by atoms with E-state index in [4.69, 9.17) is 27.9 Å². The van der Waals surface area contributed by atoms with Crippen LogP contribution in [0.4, 0.5) is 5.69 Å². The average molecular weight is 350 g/mol. The van der Waals surface area contributed by atoms with Gasteiger partial charge in [0.25, 0.3) is 0 Å². The number of nitrogens with one attached hydrogen (secondary N) is 1. The van der Waals surface area contributed by atoms with Crippen LogP contribution in [-0.4, -0.2) is 12.5 Å². The topological polar surface area (TPSA) is 38.3 Å². The molecule has 1 N–H and O–H groups in total. The maximum atomic E-state index is 12.3. The summed E-state index contributed by atoms with van der Waals surface area (Å²) in [6.45, 7) is 0.440. The van der Waals surface area contributed by atoms with E-state index < -0.39 is 0 Å². The number of para-hydroxylation sites is 1. The molecule has 0 saturated heterocycles. The highest BCUT2D eigenvalue weighted by Gasteiger charge is 2.23. The van der Waals surface area contributed by atoms with Gasteiger partial charge in [-0.15, -0.1) is 0 Å². The Labute approximate surface area is 145 Å². The molecule has 1 unspecified atom stereocenters. The van der Waals surface area contributed by atoms with Crippen LogP contribution in [0.5, 0.6) is 5.75 Å². The molecule has 0 aliphatic carbocycles. The number of carbonyl (C=O) groups excluding carboxylic acids is 1. The second-order valence-electron chi connectivity index (χ2n) is 5.59. The van der Waals surface area contributed by atoms with Crippen molar-refractivity contribution in [2.24, 2.45) is 5.92 Å². The van der Waals surface area contributed by atoms with E-state index in [0.717, 1.165) is 18.5 Å². The Kier molecular flexibility index (Phi) is 5.09. The molecule has 5 heteroatoms. The van der Waals surface area contributed by atoms with Crippen molar-refractivity contribution in [3.63, 3.8) is 0 Å². The molecule has 3 nitrogen and oxygen atoms in total. The zero-order valence-electron chi connectivity index (χ0n) is 12.5. The van der Waals surface area contributed by atoms with E-state index in [0.29, 0.717) is 28.8 Å². The first-order valence-electron chi connectivity index (χ1n) is 7.60. The Morgan fingerprint density at radius 1 is 1.17 bits per heavy atom. The first-order valence-corrected chi connectivity index (χ1v) is 8.35. The molecule has 0 saturated carbocycles. The summed E-state index contributed by atoms with van der Waals surface area (Å²) < 4.78 is 5.69. The lowest BCUT2D eigenvalue weighted by Gasteiger charge is -2.14. The van der Waals surface area contributed by atoms with Crippen LogP contribution in [0.25, 0.3) is 0 Å². The Morgan fingerprint density at radius 2 is 2.00 bits per heavy atom. The molecular weight excluding hydrogens is 333 g/mol. The second-order valence-corrected chi connectivity index (χ2v) is 6.44. The van der Waals surface area contributed by atoms with Gasteiger partial charge < -0.3 is 10.1 Å². The molecule has 1 aliphatic heterocycles. The van der Waals surface area contributed by atoms with E-state index >= 15 is 0 Å². The highest BCUT2D eigenvalue weighted by molar-refractivity contribution is 6.35. The molecule has 0 spiro atoms. The van der Waals surface area contributed by atoms with Crippen LogP contribution < -0.4 is 10.1 Å². The minimum atomic E-state index is -0.0616. The van der Waals surface area contributed by atoms with Crippen LogP contribution in [0.1, 0.15) is 18.4 Å². The third-order valence-corrected chi connectivity index (χ3v) is 4.56. The summed E-state index contributed by atoms with van der Waals surface area (Å²) in [6, 6.07) is 13.1. The maximum absolute atomic E-state index is 12.3. The molecule has 1 atom stereocenters. The average Bonchev–Trinajstić information content (AvgIpc) is 2.68. The molecule has 0 fully saturated rings. The lowest BCUT2D eigenvalue weighted by Crippen LogP contribution is -2.23. The van der Waals surface area contributed by atoms with E-state index in [2.05, 4.69) is 11.4 Å². The molecule has 0 radical (unpaired) electrons. The number of hydrogen-bond donors (Lipinski definition) is 1. The fourth-order valence-corrected chi connectivity index (χ4v) is 3.20. The standard InChI is InChI=1S/C18H17Cl2NO2/c19-14-7-8-17(15(20)11-14)23-10-9-13-6-5-12-3-1-2-4-16(12)21-18(13)22/h1-4,7-8,11,13H,5-6,9-10H2,(H,21,22). The van der Waals surface area contributed by atoms with Gasteiger partial charge in [-0.05, 0) is 49.1 Å². The van der Waals surface area contributed by atoms with Crippen molar-refractivity contribution >= 4 is 34.8 Å². The number of ether oxygens (including phenoxy) is 1. The fourth-order valence-electron chi connectivity index (χ4n) is 2.73. The molecule has 2 aromatic rings. The lowest BCUT2D eigenvalue weighted by atomic mass is 9.98. The van der Waals surface area contributed by atoms with E-state index in [-0.39, 0.29) is 11.8 Å². The van der Waals surface area contributed by atoms with Gasteiger partial charge in [0.2, 0.25) is 5.91 Å². The maximum Gasteiger partial charge on any atom is 0.227 e. The third-order valence-electron chi connectivity index (χ3n) is 4.03. The smallest absolute Gasteiger partial charge is 0.227 e. The van der Waals surface area contributed by atoms with Crippen LogP contribution in [0, 0.1) is 5.92 Å². The molecule has 23 heavy (non-hydrogen) atoms. The summed E-state index contributed by atoms with van der Waals surface area (Å²) in [5.74, 6) is 0.586. The monoisotopic (exact) mass is 349 g/mol. The highest BCUT2D eigenvalue weighted by atomic mass is 35.5. The number of carbonyl (C=O) groups is 1. The van der Waals surface area contributed by atoms with Gasteiger partial charge in [-0.1, -0.05) is 41.4 Å². The SMILES string of the molecule is O=C1Nc2ccccc2CCC1CCOc1ccc(Cl)cc1Cl. The molecule has 1 heterocycles. The van der Waals surface area contributed by atoms with E-state index in [1.807, 2.05) is 18.2 Å². The number of fused-ring (bicyclic) bond motifs is 1. The molecule has 0 bridgehead atoms. The Balaban J connectivity index is 1.58. The van der Waals surface area contributed by atoms with Gasteiger partial charge in [0.05, 0.1) is 11.6 Å². The van der Waals surface area contributed by atoms with Crippen molar-refractivity contribution in [1.29, 1.82) is 0 Å². The summed E-state index contributed by atoms with van der Waals surface area (Å²) in [7, 11) is 0. The predicted octanol–water partition coefficient (Wildman–Crippen LogP) is 4.96. The van der Waals surface area contributed by atoms with Crippen LogP contribution in [0.15, 0.2) is 42.5 Å². The summed E-state index contributed by atoms with van der Waals surface area (Å²) in [5, 5.41) is 4.06. The molecule has 2 aromatic carbocycles. The molecule has 3 rings (SSSR count). The normalized spacial score (nSPS) is 17.1. The van der Waals surface area contributed by atoms with Crippen LogP contribution >= 0.6 is 23.2 Å². The van der Waals surface area contributed by atoms with Crippen molar-refractivity contribution in [1.82, 2.24) is 0 Å². The zero-order valence-corrected chi connectivity index (χ0v) is 14.0. The summed E-state index contributed by atoms with van der Waals surface area (Å²) >= 11 is 11.9. The number of amides is 1. The Hall–Kier alpha value is -1.71. The van der Waals surface area contributed by atoms with Gasteiger partial charge in [0.15, 0.2) is 0 Å². The first-order chi connectivity index (χ1) is 11.1. The van der Waals surface area contributed by atoms with Crippen molar-refractivity contribution in [2.45, 2.75) is 19.3 Å². The quantitative estimate of drug-likeness (QED) is 0.846. The minimum Gasteiger partial charge on any atom is -0.492 e. The third kappa shape index (κ3) is 3.98. The van der Waals surface area contributed by atoms with Gasteiger partial charge in [-0.2, -0.15) is 0 Å². The van der Waals surface area contributed by atoms with Crippen molar-refractivity contribution < 1.29 is 9.53 Å². The zero-order chi connectivity index (χ0) is 16.2. The first kappa shape index (κ1) is 16.2. The van der Waals surface area contributed by atoms with Gasteiger partial charge >= 0.3 is 0 Å². The number of hydrogen-bond acceptors (Lipinski definition) is 2. The minimum absolute atomic E-state index is 0.0563. The summed E-state index contributed by atoms with van der Waals surface area (Å²) in [4.78, 5) is 12.3. The summed E-state index contributed by atoms with van der Waals surface area (Å²) in [5.41, 5.74) is 2.10. The van der Waals surface area contributed by atoms with Crippen LogP contribution in [0.2, 0.25) is 10.0 Å². The van der Waals surface area contributed by atoms with Crippen molar-refractivity contribution in [3.05, 3.63) is 58.1 Å². The Bertz CT molecular complexity index is 718. The van der Waals surface area contributed by atoms with Gasteiger partial charge in [0.1, 0.15) is 5.75 Å². The predicted molar refractivity (Wildman–Crippen MR) is 93.5 cm³/mol. The molecule has 120 valence electrons. The lowest BCUT2D eigenvalue weighted by molar-refractivity contribution is -0.120. The van der Waals surface area contributed by atoms with Gasteiger partial charge in [0, 0.05) is 16.6 Å². The van der Waals surface area contributed by atoms with Crippen molar-refractivity contribution in [3.8, 4) is 5.75 Å². The van der Waals surface area contributed by atoms with Crippen LogP contribution in [0.3, 0.4) is 0 Å². The molecule has 1 aliphatic rings. The largest absolute Gasteiger partial charge is 0.492 e. The van der Waals surface area contributed by atoms with Crippen molar-refractivity contribution in [2.75, 3.05) is 11.9 Å². The van der Waals surface area contributed by atoms with Gasteiger partial charge in [-0.3, -0.25) is 4.79 Å². The fraction of sp³-hybridized carbons (Fsp3) is 0.278. The van der Waals surface area contributed by atoms with E-state index in [1.54, 1.807) is 18.2 Å².